The summed E-state index contributed by atoms with van der Waals surface area (Å²) in [7, 11) is 1.70. The molecule has 1 aromatic carbocycles. The van der Waals surface area contributed by atoms with Crippen LogP contribution in [0.1, 0.15) is 18.4 Å². The smallest absolute Gasteiger partial charge is 0.119 e. The molecule has 1 aromatic rings. The topological polar surface area (TPSA) is 33.9 Å². The zero-order valence-electron chi connectivity index (χ0n) is 9.78. The Morgan fingerprint density at radius 3 is 2.81 bits per heavy atom. The Hall–Kier alpha value is -1.06. The Morgan fingerprint density at radius 1 is 1.38 bits per heavy atom. The summed E-state index contributed by atoms with van der Waals surface area (Å²) in [4.78, 5) is 1.55. The number of hydrogen-bond acceptors (Lipinski definition) is 2. The number of piperidine rings is 1. The number of ether oxygens (including phenoxy) is 1. The molecule has 16 heavy (non-hydrogen) atoms. The van der Waals surface area contributed by atoms with Gasteiger partial charge in [-0.2, -0.15) is 0 Å². The van der Waals surface area contributed by atoms with Crippen LogP contribution in [0.5, 0.6) is 5.75 Å². The Labute approximate surface area is 96.6 Å². The second-order valence-electron chi connectivity index (χ2n) is 4.51. The zero-order chi connectivity index (χ0) is 11.4. The largest absolute Gasteiger partial charge is 0.497 e. The van der Waals surface area contributed by atoms with Gasteiger partial charge in [0.15, 0.2) is 0 Å². The minimum atomic E-state index is -0.0749. The van der Waals surface area contributed by atoms with Gasteiger partial charge >= 0.3 is 0 Å². The highest BCUT2D eigenvalue weighted by Crippen LogP contribution is 2.11. The fraction of sp³-hybridized carbons (Fsp3) is 0.538. The molecular formula is C13H20NO2+. The Morgan fingerprint density at radius 2 is 2.12 bits per heavy atom. The number of benzene rings is 1. The van der Waals surface area contributed by atoms with E-state index < -0.39 is 0 Å². The second kappa shape index (κ2) is 5.32. The van der Waals surface area contributed by atoms with E-state index in [1.54, 1.807) is 12.0 Å². The molecule has 0 unspecified atom stereocenters. The van der Waals surface area contributed by atoms with Crippen molar-refractivity contribution in [3.8, 4) is 5.75 Å². The van der Waals surface area contributed by atoms with E-state index in [0.717, 1.165) is 38.2 Å². The van der Waals surface area contributed by atoms with Crippen LogP contribution in [0.4, 0.5) is 0 Å². The van der Waals surface area contributed by atoms with Crippen molar-refractivity contribution in [2.45, 2.75) is 25.5 Å². The van der Waals surface area contributed by atoms with E-state index in [1.807, 2.05) is 12.1 Å². The predicted molar refractivity (Wildman–Crippen MR) is 62.6 cm³/mol. The van der Waals surface area contributed by atoms with E-state index in [4.69, 9.17) is 4.74 Å². The van der Waals surface area contributed by atoms with Gasteiger partial charge in [0.25, 0.3) is 0 Å². The van der Waals surface area contributed by atoms with Gasteiger partial charge in [-0.15, -0.1) is 0 Å². The quantitative estimate of drug-likeness (QED) is 0.768. The molecule has 2 rings (SSSR count). The lowest BCUT2D eigenvalue weighted by atomic mass is 10.1. The zero-order valence-corrected chi connectivity index (χ0v) is 9.78. The number of aliphatic hydroxyl groups excluding tert-OH is 1. The fourth-order valence-corrected chi connectivity index (χ4v) is 2.26. The minimum absolute atomic E-state index is 0.0749. The molecule has 0 amide bonds. The highest BCUT2D eigenvalue weighted by atomic mass is 16.5. The molecule has 3 heteroatoms. The molecule has 2 N–H and O–H groups in total. The maximum absolute atomic E-state index is 9.44. The molecule has 0 atom stereocenters. The van der Waals surface area contributed by atoms with Crippen molar-refractivity contribution in [3.63, 3.8) is 0 Å². The normalized spacial score (nSPS) is 25.4. The number of likely N-dealkylation sites (tertiary alicyclic amines) is 1. The van der Waals surface area contributed by atoms with Crippen molar-refractivity contribution >= 4 is 0 Å². The van der Waals surface area contributed by atoms with Crippen LogP contribution < -0.4 is 9.64 Å². The highest BCUT2D eigenvalue weighted by Gasteiger charge is 2.20. The van der Waals surface area contributed by atoms with Gasteiger partial charge in [-0.05, 0) is 12.1 Å². The van der Waals surface area contributed by atoms with Crippen molar-refractivity contribution < 1.29 is 14.7 Å². The Kier molecular flexibility index (Phi) is 3.80. The molecule has 0 bridgehead atoms. The van der Waals surface area contributed by atoms with Gasteiger partial charge in [-0.1, -0.05) is 12.1 Å². The van der Waals surface area contributed by atoms with E-state index in [1.165, 1.54) is 5.56 Å². The van der Waals surface area contributed by atoms with Crippen molar-refractivity contribution in [2.24, 2.45) is 0 Å². The Bertz CT molecular complexity index is 332. The van der Waals surface area contributed by atoms with Gasteiger partial charge in [0.1, 0.15) is 12.3 Å². The van der Waals surface area contributed by atoms with E-state index in [-0.39, 0.29) is 6.10 Å². The van der Waals surface area contributed by atoms with Crippen molar-refractivity contribution in [1.29, 1.82) is 0 Å². The summed E-state index contributed by atoms with van der Waals surface area (Å²) in [5.41, 5.74) is 1.31. The predicted octanol–water partition coefficient (Wildman–Crippen LogP) is 0.235. The summed E-state index contributed by atoms with van der Waals surface area (Å²) >= 11 is 0. The van der Waals surface area contributed by atoms with Crippen LogP contribution in [0.2, 0.25) is 0 Å². The maximum atomic E-state index is 9.44. The van der Waals surface area contributed by atoms with Crippen molar-refractivity contribution in [1.82, 2.24) is 0 Å². The number of aliphatic hydroxyl groups is 1. The van der Waals surface area contributed by atoms with E-state index >= 15 is 0 Å². The molecule has 1 aliphatic heterocycles. The molecule has 1 heterocycles. The third-order valence-corrected chi connectivity index (χ3v) is 3.25. The number of quaternary nitrogens is 1. The van der Waals surface area contributed by atoms with Gasteiger partial charge in [0, 0.05) is 18.4 Å². The van der Waals surface area contributed by atoms with Crippen LogP contribution in [0, 0.1) is 0 Å². The van der Waals surface area contributed by atoms with Gasteiger partial charge < -0.3 is 14.7 Å². The van der Waals surface area contributed by atoms with Crippen molar-refractivity contribution in [3.05, 3.63) is 29.8 Å². The van der Waals surface area contributed by atoms with Gasteiger partial charge in [-0.3, -0.25) is 0 Å². The van der Waals surface area contributed by atoms with Gasteiger partial charge in [0.2, 0.25) is 0 Å². The second-order valence-corrected chi connectivity index (χ2v) is 4.51. The highest BCUT2D eigenvalue weighted by molar-refractivity contribution is 5.27. The molecule has 0 spiro atoms. The number of methoxy groups -OCH3 is 1. The van der Waals surface area contributed by atoms with Crippen LogP contribution in [-0.2, 0) is 6.54 Å². The number of hydrogen-bond donors (Lipinski definition) is 2. The first-order valence-corrected chi connectivity index (χ1v) is 5.92. The summed E-state index contributed by atoms with van der Waals surface area (Å²) in [6.45, 7) is 3.17. The Balaban J connectivity index is 1.93. The molecule has 0 saturated carbocycles. The lowest BCUT2D eigenvalue weighted by molar-refractivity contribution is -0.919. The van der Waals surface area contributed by atoms with Crippen LogP contribution in [0.25, 0.3) is 0 Å². The summed E-state index contributed by atoms with van der Waals surface area (Å²) in [6, 6.07) is 8.24. The van der Waals surface area contributed by atoms with Crippen LogP contribution >= 0.6 is 0 Å². The monoisotopic (exact) mass is 222 g/mol. The molecule has 0 aliphatic carbocycles. The average Bonchev–Trinajstić information content (AvgIpc) is 2.32. The summed E-state index contributed by atoms with van der Waals surface area (Å²) in [6.07, 6.45) is 1.78. The molecule has 0 aromatic heterocycles. The maximum Gasteiger partial charge on any atom is 0.119 e. The standard InChI is InChI=1S/C13H19NO2/c1-16-13-4-2-3-11(9-13)10-14-7-5-12(15)6-8-14/h2-4,9,12,15H,5-8,10H2,1H3/p+1. The third-order valence-electron chi connectivity index (χ3n) is 3.25. The lowest BCUT2D eigenvalue weighted by Crippen LogP contribution is -3.12. The molecule has 1 aliphatic rings. The molecule has 0 radical (unpaired) electrons. The van der Waals surface area contributed by atoms with E-state index in [9.17, 15) is 5.11 Å². The number of nitrogens with one attached hydrogen (secondary N) is 1. The minimum Gasteiger partial charge on any atom is -0.497 e. The molecule has 88 valence electrons. The summed E-state index contributed by atoms with van der Waals surface area (Å²) in [5.74, 6) is 0.925. The molecular weight excluding hydrogens is 202 g/mol. The van der Waals surface area contributed by atoms with E-state index in [2.05, 4.69) is 12.1 Å². The third kappa shape index (κ3) is 2.97. The van der Waals surface area contributed by atoms with Crippen LogP contribution in [0.3, 0.4) is 0 Å². The van der Waals surface area contributed by atoms with Gasteiger partial charge in [0.05, 0.1) is 26.3 Å². The average molecular weight is 222 g/mol. The van der Waals surface area contributed by atoms with E-state index in [0.29, 0.717) is 0 Å². The molecule has 1 saturated heterocycles. The fourth-order valence-electron chi connectivity index (χ4n) is 2.26. The first-order chi connectivity index (χ1) is 7.78. The molecule has 1 fully saturated rings. The molecule has 3 nitrogen and oxygen atoms in total. The SMILES string of the molecule is COc1cccc(C[NH+]2CCC(O)CC2)c1. The van der Waals surface area contributed by atoms with Crippen LogP contribution in [0.15, 0.2) is 24.3 Å². The van der Waals surface area contributed by atoms with Crippen LogP contribution in [-0.4, -0.2) is 31.4 Å². The lowest BCUT2D eigenvalue weighted by Gasteiger charge is -2.26. The summed E-state index contributed by atoms with van der Waals surface area (Å²) in [5, 5.41) is 9.44. The van der Waals surface area contributed by atoms with Gasteiger partial charge in [-0.25, -0.2) is 0 Å². The first-order valence-electron chi connectivity index (χ1n) is 5.92. The van der Waals surface area contributed by atoms with Crippen molar-refractivity contribution in [2.75, 3.05) is 20.2 Å². The first kappa shape index (κ1) is 11.4. The summed E-state index contributed by atoms with van der Waals surface area (Å²) < 4.78 is 5.21. The number of rotatable bonds is 3.